The quantitative estimate of drug-likeness (QED) is 0.741. The summed E-state index contributed by atoms with van der Waals surface area (Å²) in [6.07, 6.45) is 0.669. The smallest absolute Gasteiger partial charge is 0.253 e. The maximum atomic E-state index is 12.1. The molecule has 4 nitrogen and oxygen atoms in total. The Hall–Kier alpha value is -0.630. The molecule has 1 aliphatic heterocycles. The van der Waals surface area contributed by atoms with Crippen LogP contribution in [0.2, 0.25) is 0 Å². The van der Waals surface area contributed by atoms with Gasteiger partial charge in [0.2, 0.25) is 5.91 Å². The minimum absolute atomic E-state index is 0.0231. The monoisotopic (exact) mass is 422 g/mol. The van der Waals surface area contributed by atoms with Crippen LogP contribution in [-0.4, -0.2) is 36.3 Å². The Morgan fingerprint density at radius 2 is 2.28 bits per heavy atom. The Morgan fingerprint density at radius 1 is 1.56 bits per heavy atom. The van der Waals surface area contributed by atoms with Gasteiger partial charge in [0.05, 0.1) is 5.56 Å². The zero-order valence-corrected chi connectivity index (χ0v) is 13.5. The third kappa shape index (κ3) is 2.85. The highest BCUT2D eigenvalue weighted by Gasteiger charge is 2.30. The van der Waals surface area contributed by atoms with E-state index in [9.17, 15) is 9.59 Å². The molecule has 18 heavy (non-hydrogen) atoms. The van der Waals surface area contributed by atoms with E-state index in [0.717, 1.165) is 8.04 Å². The van der Waals surface area contributed by atoms with Gasteiger partial charge in [-0.15, -0.1) is 0 Å². The fraction of sp³-hybridized carbons (Fsp3) is 0.333. The van der Waals surface area contributed by atoms with Crippen LogP contribution in [0.15, 0.2) is 22.7 Å². The van der Waals surface area contributed by atoms with E-state index < -0.39 is 6.04 Å². The molecule has 0 saturated carbocycles. The third-order valence-corrected chi connectivity index (χ3v) is 4.27. The first-order chi connectivity index (χ1) is 8.49. The standard InChI is InChI=1S/C12H12BrIN2O2/c1-16-5-4-10(12(16)18)15-11(17)8-6-7(14)2-3-9(8)13/h2-3,6,10H,4-5H2,1H3,(H,15,17). The van der Waals surface area contributed by atoms with E-state index in [1.54, 1.807) is 18.0 Å². The summed E-state index contributed by atoms with van der Waals surface area (Å²) >= 11 is 5.50. The molecule has 0 spiro atoms. The highest BCUT2D eigenvalue weighted by molar-refractivity contribution is 14.1. The first kappa shape index (κ1) is 13.8. The van der Waals surface area contributed by atoms with Gasteiger partial charge in [-0.25, -0.2) is 0 Å². The average molecular weight is 423 g/mol. The number of carbonyl (C=O) groups is 2. The summed E-state index contributed by atoms with van der Waals surface area (Å²) in [6.45, 7) is 0.692. The van der Waals surface area contributed by atoms with Crippen molar-refractivity contribution in [2.75, 3.05) is 13.6 Å². The van der Waals surface area contributed by atoms with E-state index >= 15 is 0 Å². The highest BCUT2D eigenvalue weighted by atomic mass is 127. The average Bonchev–Trinajstić information content (AvgIpc) is 2.64. The van der Waals surface area contributed by atoms with E-state index in [2.05, 4.69) is 43.8 Å². The number of likely N-dealkylation sites (N-methyl/N-ethyl adjacent to an activating group) is 1. The number of amides is 2. The highest BCUT2D eigenvalue weighted by Crippen LogP contribution is 2.20. The zero-order valence-electron chi connectivity index (χ0n) is 9.74. The summed E-state index contributed by atoms with van der Waals surface area (Å²) in [6, 6.07) is 5.14. The molecule has 2 rings (SSSR count). The van der Waals surface area contributed by atoms with Gasteiger partial charge in [-0.3, -0.25) is 9.59 Å². The molecule has 1 unspecified atom stereocenters. The predicted octanol–water partition coefficient (Wildman–Crippen LogP) is 2.01. The Balaban J connectivity index is 2.13. The van der Waals surface area contributed by atoms with Gasteiger partial charge in [-0.2, -0.15) is 0 Å². The van der Waals surface area contributed by atoms with Crippen LogP contribution in [0.4, 0.5) is 0 Å². The fourth-order valence-electron chi connectivity index (χ4n) is 1.86. The van der Waals surface area contributed by atoms with Crippen molar-refractivity contribution in [1.29, 1.82) is 0 Å². The van der Waals surface area contributed by atoms with E-state index in [1.807, 2.05) is 12.1 Å². The molecule has 1 saturated heterocycles. The minimum atomic E-state index is -0.396. The topological polar surface area (TPSA) is 49.4 Å². The van der Waals surface area contributed by atoms with Crippen molar-refractivity contribution in [2.24, 2.45) is 0 Å². The maximum Gasteiger partial charge on any atom is 0.253 e. The van der Waals surface area contributed by atoms with E-state index in [1.165, 1.54) is 0 Å². The molecule has 1 atom stereocenters. The molecule has 0 bridgehead atoms. The summed E-state index contributed by atoms with van der Waals surface area (Å²) in [7, 11) is 1.75. The maximum absolute atomic E-state index is 12.1. The second-order valence-electron chi connectivity index (χ2n) is 4.20. The third-order valence-electron chi connectivity index (χ3n) is 2.91. The lowest BCUT2D eigenvalue weighted by Gasteiger charge is -2.13. The van der Waals surface area contributed by atoms with Crippen molar-refractivity contribution >= 4 is 50.3 Å². The molecule has 2 amide bonds. The van der Waals surface area contributed by atoms with Crippen LogP contribution in [0.3, 0.4) is 0 Å². The van der Waals surface area contributed by atoms with E-state index in [4.69, 9.17) is 0 Å². The van der Waals surface area contributed by atoms with Crippen LogP contribution in [0.5, 0.6) is 0 Å². The van der Waals surface area contributed by atoms with Crippen LogP contribution in [0.1, 0.15) is 16.8 Å². The molecule has 0 aliphatic carbocycles. The lowest BCUT2D eigenvalue weighted by atomic mass is 10.2. The lowest BCUT2D eigenvalue weighted by molar-refractivity contribution is -0.128. The fourth-order valence-corrected chi connectivity index (χ4v) is 2.78. The molecule has 1 aliphatic rings. The number of hydrogen-bond donors (Lipinski definition) is 1. The number of rotatable bonds is 2. The predicted molar refractivity (Wildman–Crippen MR) is 80.4 cm³/mol. The Bertz CT molecular complexity index is 507. The summed E-state index contributed by atoms with van der Waals surface area (Å²) in [5, 5.41) is 2.78. The van der Waals surface area contributed by atoms with Gasteiger partial charge in [0, 0.05) is 21.6 Å². The minimum Gasteiger partial charge on any atom is -0.344 e. The van der Waals surface area contributed by atoms with Crippen molar-refractivity contribution in [3.05, 3.63) is 31.8 Å². The lowest BCUT2D eigenvalue weighted by Crippen LogP contribution is -2.40. The van der Waals surface area contributed by atoms with Crippen LogP contribution in [0, 0.1) is 3.57 Å². The van der Waals surface area contributed by atoms with Gasteiger partial charge >= 0.3 is 0 Å². The van der Waals surface area contributed by atoms with Gasteiger partial charge < -0.3 is 10.2 Å². The molecule has 1 N–H and O–H groups in total. The van der Waals surface area contributed by atoms with E-state index in [-0.39, 0.29) is 11.8 Å². The normalized spacial score (nSPS) is 19.2. The number of carbonyl (C=O) groups excluding carboxylic acids is 2. The zero-order chi connectivity index (χ0) is 13.3. The molecule has 1 aromatic carbocycles. The van der Waals surface area contributed by atoms with Crippen LogP contribution in [0.25, 0.3) is 0 Å². The number of benzene rings is 1. The summed E-state index contributed by atoms with van der Waals surface area (Å²) in [5.74, 6) is -0.237. The van der Waals surface area contributed by atoms with Gasteiger partial charge in [-0.1, -0.05) is 0 Å². The molecule has 0 aromatic heterocycles. The summed E-state index contributed by atoms with van der Waals surface area (Å²) in [5.41, 5.74) is 0.559. The molecule has 1 aromatic rings. The Kier molecular flexibility index (Phi) is 4.26. The van der Waals surface area contributed by atoms with Crippen LogP contribution < -0.4 is 5.32 Å². The molecule has 1 heterocycles. The molecular weight excluding hydrogens is 411 g/mol. The first-order valence-electron chi connectivity index (χ1n) is 5.50. The van der Waals surface area contributed by atoms with Gasteiger partial charge in [0.15, 0.2) is 0 Å². The van der Waals surface area contributed by atoms with Crippen molar-refractivity contribution < 1.29 is 9.59 Å². The number of nitrogens with zero attached hydrogens (tertiary/aromatic N) is 1. The molecular formula is C12H12BrIN2O2. The van der Waals surface area contributed by atoms with Crippen molar-refractivity contribution in [2.45, 2.75) is 12.5 Å². The van der Waals surface area contributed by atoms with Crippen LogP contribution >= 0.6 is 38.5 Å². The molecule has 96 valence electrons. The van der Waals surface area contributed by atoms with Crippen molar-refractivity contribution in [3.63, 3.8) is 0 Å². The van der Waals surface area contributed by atoms with Crippen LogP contribution in [-0.2, 0) is 4.79 Å². The number of halogens is 2. The Morgan fingerprint density at radius 3 is 2.89 bits per heavy atom. The van der Waals surface area contributed by atoms with E-state index in [0.29, 0.717) is 18.5 Å². The summed E-state index contributed by atoms with van der Waals surface area (Å²) < 4.78 is 1.72. The van der Waals surface area contributed by atoms with Gasteiger partial charge in [0.1, 0.15) is 6.04 Å². The number of hydrogen-bond acceptors (Lipinski definition) is 2. The second kappa shape index (κ2) is 5.56. The largest absolute Gasteiger partial charge is 0.344 e. The van der Waals surface area contributed by atoms with Gasteiger partial charge in [0.25, 0.3) is 5.91 Å². The SMILES string of the molecule is CN1CCC(NC(=O)c2cc(I)ccc2Br)C1=O. The summed E-state index contributed by atoms with van der Waals surface area (Å²) in [4.78, 5) is 25.5. The Labute approximate surface area is 127 Å². The molecule has 0 radical (unpaired) electrons. The number of likely N-dealkylation sites (tertiary alicyclic amines) is 1. The first-order valence-corrected chi connectivity index (χ1v) is 7.37. The van der Waals surface area contributed by atoms with Crippen molar-refractivity contribution in [3.8, 4) is 0 Å². The number of nitrogens with one attached hydrogen (secondary N) is 1. The second-order valence-corrected chi connectivity index (χ2v) is 6.30. The molecule has 1 fully saturated rings. The molecule has 6 heteroatoms. The van der Waals surface area contributed by atoms with Crippen molar-refractivity contribution in [1.82, 2.24) is 10.2 Å². The van der Waals surface area contributed by atoms with Gasteiger partial charge in [-0.05, 0) is 63.1 Å².